The summed E-state index contributed by atoms with van der Waals surface area (Å²) in [5.41, 5.74) is 11.2. The molecule has 0 bridgehead atoms. The molecule has 0 aromatic heterocycles. The van der Waals surface area contributed by atoms with Gasteiger partial charge in [-0.2, -0.15) is 0 Å². The summed E-state index contributed by atoms with van der Waals surface area (Å²) in [5, 5.41) is 0. The van der Waals surface area contributed by atoms with Gasteiger partial charge in [0.25, 0.3) is 0 Å². The van der Waals surface area contributed by atoms with E-state index in [2.05, 4.69) is 92.6 Å². The molecule has 2 aromatic rings. The highest BCUT2D eigenvalue weighted by atomic mass is 28.3. The summed E-state index contributed by atoms with van der Waals surface area (Å²) in [7, 11) is -0.571. The van der Waals surface area contributed by atoms with Gasteiger partial charge in [-0.15, -0.1) is 19.7 Å². The standard InChI is InChI=1S/2C8H6.C6H9Si/c2*1-2-4-8-6-5-7(8)3-1;1-4-7(5-2)6-3/h2*1-6H;4-6H,1-3H2. The van der Waals surface area contributed by atoms with Crippen LogP contribution in [0.5, 0.6) is 0 Å². The van der Waals surface area contributed by atoms with Crippen LogP contribution >= 0.6 is 0 Å². The minimum absolute atomic E-state index is 0.571. The molecule has 0 atom stereocenters. The van der Waals surface area contributed by atoms with E-state index in [0.717, 1.165) is 0 Å². The van der Waals surface area contributed by atoms with E-state index in [4.69, 9.17) is 0 Å². The summed E-state index contributed by atoms with van der Waals surface area (Å²) < 4.78 is 0. The molecule has 1 heteroatoms. The Bertz CT molecular complexity index is 628. The van der Waals surface area contributed by atoms with Crippen LogP contribution in [0.4, 0.5) is 0 Å². The highest BCUT2D eigenvalue weighted by Crippen LogP contribution is 2.22. The molecule has 0 spiro atoms. The van der Waals surface area contributed by atoms with Crippen LogP contribution in [0.2, 0.25) is 0 Å². The maximum Gasteiger partial charge on any atom is 0.129 e. The Hall–Kier alpha value is -2.64. The maximum absolute atomic E-state index is 3.61. The average Bonchev–Trinajstić information content (AvgIpc) is 2.53. The van der Waals surface area contributed by atoms with Crippen LogP contribution in [-0.4, -0.2) is 8.80 Å². The van der Waals surface area contributed by atoms with Crippen LogP contribution in [0.25, 0.3) is 24.3 Å². The largest absolute Gasteiger partial charge is 0.129 e. The Kier molecular flexibility index (Phi) is 6.34. The van der Waals surface area contributed by atoms with Gasteiger partial charge >= 0.3 is 0 Å². The van der Waals surface area contributed by atoms with Crippen LogP contribution in [0.1, 0.15) is 22.3 Å². The number of hydrogen-bond acceptors (Lipinski definition) is 0. The van der Waals surface area contributed by atoms with E-state index < -0.39 is 8.80 Å². The van der Waals surface area contributed by atoms with E-state index in [0.29, 0.717) is 0 Å². The molecule has 2 aliphatic carbocycles. The fraction of sp³-hybridized carbons (Fsp3) is 0. The topological polar surface area (TPSA) is 0 Å². The lowest BCUT2D eigenvalue weighted by atomic mass is 9.99. The Morgan fingerprint density at radius 1 is 0.522 bits per heavy atom. The van der Waals surface area contributed by atoms with E-state index in [-0.39, 0.29) is 0 Å². The third kappa shape index (κ3) is 4.66. The van der Waals surface area contributed by atoms with Gasteiger partial charge in [-0.25, -0.2) is 0 Å². The summed E-state index contributed by atoms with van der Waals surface area (Å²) in [5.74, 6) is 0. The van der Waals surface area contributed by atoms with Gasteiger partial charge in [-0.1, -0.05) is 89.9 Å². The van der Waals surface area contributed by atoms with Crippen LogP contribution in [0.3, 0.4) is 0 Å². The van der Waals surface area contributed by atoms with E-state index in [1.54, 1.807) is 0 Å². The second kappa shape index (κ2) is 8.72. The average molecular weight is 313 g/mol. The predicted molar refractivity (Wildman–Crippen MR) is 107 cm³/mol. The Balaban J connectivity index is 0.000000126. The van der Waals surface area contributed by atoms with Crippen molar-refractivity contribution in [3.05, 3.63) is 108 Å². The second-order valence-corrected chi connectivity index (χ2v) is 7.26. The summed E-state index contributed by atoms with van der Waals surface area (Å²) in [4.78, 5) is 0. The lowest BCUT2D eigenvalue weighted by molar-refractivity contribution is 1.58. The fourth-order valence-electron chi connectivity index (χ4n) is 2.05. The summed E-state index contributed by atoms with van der Waals surface area (Å²) in [6.07, 6.45) is 8.48. The molecular weight excluding hydrogens is 292 g/mol. The first-order valence-electron chi connectivity index (χ1n) is 7.57. The van der Waals surface area contributed by atoms with Crippen molar-refractivity contribution in [2.45, 2.75) is 0 Å². The Labute approximate surface area is 141 Å². The monoisotopic (exact) mass is 313 g/mol. The highest BCUT2D eigenvalue weighted by Gasteiger charge is 2.00. The molecule has 2 aromatic carbocycles. The van der Waals surface area contributed by atoms with Crippen molar-refractivity contribution in [2.24, 2.45) is 0 Å². The van der Waals surface area contributed by atoms with Crippen molar-refractivity contribution in [2.75, 3.05) is 0 Å². The molecule has 0 saturated carbocycles. The van der Waals surface area contributed by atoms with E-state index in [9.17, 15) is 0 Å². The summed E-state index contributed by atoms with van der Waals surface area (Å²) >= 11 is 0. The van der Waals surface area contributed by atoms with Gasteiger partial charge in [0, 0.05) is 0 Å². The first-order valence-corrected chi connectivity index (χ1v) is 9.30. The highest BCUT2D eigenvalue weighted by molar-refractivity contribution is 6.73. The molecule has 0 N–H and O–H groups in total. The van der Waals surface area contributed by atoms with Crippen molar-refractivity contribution < 1.29 is 0 Å². The zero-order valence-electron chi connectivity index (χ0n) is 13.3. The van der Waals surface area contributed by atoms with Gasteiger partial charge in [0.1, 0.15) is 8.80 Å². The van der Waals surface area contributed by atoms with E-state index >= 15 is 0 Å². The molecule has 4 rings (SSSR count). The molecule has 0 nitrogen and oxygen atoms in total. The van der Waals surface area contributed by atoms with Gasteiger partial charge in [0.15, 0.2) is 0 Å². The normalized spacial score (nSPS) is 11.2. The molecule has 0 unspecified atom stereocenters. The molecule has 0 aliphatic heterocycles. The quantitative estimate of drug-likeness (QED) is 0.407. The van der Waals surface area contributed by atoms with Crippen molar-refractivity contribution in [3.8, 4) is 0 Å². The lowest BCUT2D eigenvalue weighted by Crippen LogP contribution is -1.97. The third-order valence-corrected chi connectivity index (χ3v) is 5.00. The van der Waals surface area contributed by atoms with Gasteiger partial charge in [-0.3, -0.25) is 0 Å². The first kappa shape index (κ1) is 16.7. The zero-order valence-corrected chi connectivity index (χ0v) is 14.3. The van der Waals surface area contributed by atoms with Gasteiger partial charge < -0.3 is 0 Å². The van der Waals surface area contributed by atoms with E-state index in [1.807, 2.05) is 17.1 Å². The molecule has 1 radical (unpaired) electrons. The minimum atomic E-state index is -0.571. The second-order valence-electron chi connectivity index (χ2n) is 5.04. The predicted octanol–water partition coefficient (Wildman–Crippen LogP) is 6.00. The SMILES string of the molecule is C1=Cc2ccccc21.C1=Cc2ccccc21.C=C[Si](C=C)C=C. The Morgan fingerprint density at radius 2 is 0.783 bits per heavy atom. The lowest BCUT2D eigenvalue weighted by Gasteiger charge is -2.06. The summed E-state index contributed by atoms with van der Waals surface area (Å²) in [6.45, 7) is 10.8. The van der Waals surface area contributed by atoms with Gasteiger partial charge in [0.05, 0.1) is 0 Å². The molecule has 113 valence electrons. The van der Waals surface area contributed by atoms with Crippen molar-refractivity contribution >= 4 is 33.1 Å². The van der Waals surface area contributed by atoms with Gasteiger partial charge in [-0.05, 0) is 22.3 Å². The number of hydrogen-bond donors (Lipinski definition) is 0. The molecule has 0 amide bonds. The van der Waals surface area contributed by atoms with Crippen LogP contribution in [0, 0.1) is 0 Å². The third-order valence-electron chi connectivity index (χ3n) is 3.58. The first-order chi connectivity index (χ1) is 11.3. The van der Waals surface area contributed by atoms with Crippen LogP contribution < -0.4 is 0 Å². The Morgan fingerprint density at radius 3 is 0.870 bits per heavy atom. The van der Waals surface area contributed by atoms with E-state index in [1.165, 1.54) is 22.3 Å². The minimum Gasteiger partial charge on any atom is -0.106 e. The smallest absolute Gasteiger partial charge is 0.106 e. The van der Waals surface area contributed by atoms with Crippen LogP contribution in [-0.2, 0) is 0 Å². The zero-order chi connectivity index (χ0) is 16.5. The molecule has 0 saturated heterocycles. The molecule has 0 fully saturated rings. The number of benzene rings is 2. The van der Waals surface area contributed by atoms with Crippen molar-refractivity contribution in [3.63, 3.8) is 0 Å². The van der Waals surface area contributed by atoms with Gasteiger partial charge in [0.2, 0.25) is 0 Å². The fourth-order valence-corrected chi connectivity index (χ4v) is 2.55. The number of fused-ring (bicyclic) bond motifs is 2. The summed E-state index contributed by atoms with van der Waals surface area (Å²) in [6, 6.07) is 16.7. The maximum atomic E-state index is 3.61. The number of rotatable bonds is 3. The molecular formula is C22H21Si. The molecule has 2 aliphatic rings. The van der Waals surface area contributed by atoms with Crippen molar-refractivity contribution in [1.82, 2.24) is 0 Å². The van der Waals surface area contributed by atoms with Crippen LogP contribution in [0.15, 0.2) is 85.4 Å². The van der Waals surface area contributed by atoms with Crippen molar-refractivity contribution in [1.29, 1.82) is 0 Å². The molecule has 0 heterocycles. The molecule has 23 heavy (non-hydrogen) atoms.